The third-order valence-electron chi connectivity index (χ3n) is 2.14. The van der Waals surface area contributed by atoms with Gasteiger partial charge in [0.25, 0.3) is 0 Å². The number of aliphatic hydroxyl groups is 1. The van der Waals surface area contributed by atoms with Gasteiger partial charge in [0.05, 0.1) is 18.4 Å². The molecule has 0 saturated heterocycles. The zero-order valence-electron chi connectivity index (χ0n) is 10.0. The Morgan fingerprint density at radius 1 is 1.37 bits per heavy atom. The normalized spacial score (nSPS) is 12.1. The molecule has 0 saturated carbocycles. The van der Waals surface area contributed by atoms with E-state index in [1.165, 1.54) is 7.11 Å². The van der Waals surface area contributed by atoms with Crippen molar-refractivity contribution in [1.82, 2.24) is 5.32 Å². The van der Waals surface area contributed by atoms with Crippen LogP contribution in [0.2, 0.25) is 0 Å². The van der Waals surface area contributed by atoms with Crippen LogP contribution >= 0.6 is 0 Å². The molecule has 0 fully saturated rings. The maximum Gasteiger partial charge on any atom is 0.319 e. The van der Waals surface area contributed by atoms with Crippen molar-refractivity contribution in [2.24, 2.45) is 0 Å². The first-order valence-corrected chi connectivity index (χ1v) is 5.31. The number of benzene rings is 1. The van der Waals surface area contributed by atoms with Gasteiger partial charge >= 0.3 is 6.03 Å². The average molecular weight is 278 g/mol. The Kier molecular flexibility index (Phi) is 5.58. The number of hydrogen-bond donors (Lipinski definition) is 3. The largest absolute Gasteiger partial charge is 0.389 e. The van der Waals surface area contributed by atoms with Crippen LogP contribution in [0.25, 0.3) is 0 Å². The summed E-state index contributed by atoms with van der Waals surface area (Å²) in [5.74, 6) is -4.51. The van der Waals surface area contributed by atoms with Gasteiger partial charge in [-0.1, -0.05) is 0 Å². The van der Waals surface area contributed by atoms with Crippen molar-refractivity contribution in [2.45, 2.75) is 6.10 Å². The predicted octanol–water partition coefficient (Wildman–Crippen LogP) is 1.23. The summed E-state index contributed by atoms with van der Waals surface area (Å²) in [6, 6.07) is 0.715. The standard InChI is InChI=1S/C11H13F3N2O3/c1-19-5-6(17)4-15-11(18)16-8-3-2-7(12)9(13)10(8)14/h2-3,6,17H,4-5H2,1H3,(H2,15,16,18). The number of carbonyl (C=O) groups excluding carboxylic acids is 1. The lowest BCUT2D eigenvalue weighted by molar-refractivity contribution is 0.0663. The summed E-state index contributed by atoms with van der Waals surface area (Å²) in [7, 11) is 1.37. The molecule has 106 valence electrons. The Morgan fingerprint density at radius 2 is 2.05 bits per heavy atom. The number of anilines is 1. The molecule has 8 heteroatoms. The summed E-state index contributed by atoms with van der Waals surface area (Å²) < 4.78 is 43.4. The van der Waals surface area contributed by atoms with Gasteiger partial charge in [0.1, 0.15) is 0 Å². The van der Waals surface area contributed by atoms with Crippen molar-refractivity contribution < 1.29 is 27.8 Å². The van der Waals surface area contributed by atoms with Crippen LogP contribution in [0.5, 0.6) is 0 Å². The second-order valence-corrected chi connectivity index (χ2v) is 3.67. The molecule has 0 aromatic heterocycles. The predicted molar refractivity (Wildman–Crippen MR) is 61.2 cm³/mol. The average Bonchev–Trinajstić information content (AvgIpc) is 2.37. The van der Waals surface area contributed by atoms with Crippen molar-refractivity contribution in [3.63, 3.8) is 0 Å². The highest BCUT2D eigenvalue weighted by atomic mass is 19.2. The third-order valence-corrected chi connectivity index (χ3v) is 2.14. The van der Waals surface area contributed by atoms with Crippen LogP contribution in [-0.2, 0) is 4.74 Å². The molecule has 1 atom stereocenters. The Hall–Kier alpha value is -1.80. The van der Waals surface area contributed by atoms with E-state index in [9.17, 15) is 23.1 Å². The molecule has 1 aromatic rings. The quantitative estimate of drug-likeness (QED) is 0.709. The van der Waals surface area contributed by atoms with Crippen LogP contribution in [-0.4, -0.2) is 37.5 Å². The third kappa shape index (κ3) is 4.42. The molecule has 3 N–H and O–H groups in total. The number of urea groups is 1. The summed E-state index contributed by atoms with van der Waals surface area (Å²) in [6.07, 6.45) is -0.925. The van der Waals surface area contributed by atoms with E-state index < -0.39 is 35.3 Å². The van der Waals surface area contributed by atoms with Crippen molar-refractivity contribution in [3.05, 3.63) is 29.6 Å². The molecule has 1 unspecified atom stereocenters. The van der Waals surface area contributed by atoms with E-state index in [4.69, 9.17) is 0 Å². The lowest BCUT2D eigenvalue weighted by atomic mass is 10.3. The van der Waals surface area contributed by atoms with Gasteiger partial charge in [-0.15, -0.1) is 0 Å². The summed E-state index contributed by atoms with van der Waals surface area (Å²) in [5, 5.41) is 13.5. The Bertz CT molecular complexity index is 457. The molecule has 19 heavy (non-hydrogen) atoms. The van der Waals surface area contributed by atoms with Crippen LogP contribution < -0.4 is 10.6 Å². The number of methoxy groups -OCH3 is 1. The topological polar surface area (TPSA) is 70.6 Å². The van der Waals surface area contributed by atoms with Crippen molar-refractivity contribution in [2.75, 3.05) is 25.6 Å². The molecule has 0 aliphatic carbocycles. The van der Waals surface area contributed by atoms with Crippen LogP contribution in [0.15, 0.2) is 12.1 Å². The zero-order chi connectivity index (χ0) is 14.4. The van der Waals surface area contributed by atoms with Crippen molar-refractivity contribution in [3.8, 4) is 0 Å². The van der Waals surface area contributed by atoms with Gasteiger partial charge in [0.2, 0.25) is 0 Å². The summed E-state index contributed by atoms with van der Waals surface area (Å²) in [6.45, 7) is -0.120. The minimum atomic E-state index is -1.67. The number of halogens is 3. The van der Waals surface area contributed by atoms with E-state index in [-0.39, 0.29) is 13.2 Å². The molecule has 0 heterocycles. The fourth-order valence-corrected chi connectivity index (χ4v) is 1.25. The molecule has 0 aliphatic heterocycles. The second-order valence-electron chi connectivity index (χ2n) is 3.67. The number of hydrogen-bond acceptors (Lipinski definition) is 3. The van der Waals surface area contributed by atoms with Gasteiger partial charge in [0, 0.05) is 13.7 Å². The molecule has 5 nitrogen and oxygen atoms in total. The molecule has 0 bridgehead atoms. The van der Waals surface area contributed by atoms with Gasteiger partial charge in [-0.25, -0.2) is 18.0 Å². The zero-order valence-corrected chi connectivity index (χ0v) is 10.0. The first-order valence-electron chi connectivity index (χ1n) is 5.31. The summed E-state index contributed by atoms with van der Waals surface area (Å²) in [4.78, 5) is 11.3. The molecular weight excluding hydrogens is 265 g/mol. The Morgan fingerprint density at radius 3 is 2.68 bits per heavy atom. The lowest BCUT2D eigenvalue weighted by Gasteiger charge is -2.12. The van der Waals surface area contributed by atoms with Crippen molar-refractivity contribution in [1.29, 1.82) is 0 Å². The Balaban J connectivity index is 2.56. The minimum absolute atomic E-state index is 0.0137. The number of ether oxygens (including phenoxy) is 1. The number of aliphatic hydroxyl groups excluding tert-OH is 1. The number of rotatable bonds is 5. The van der Waals surface area contributed by atoms with E-state index in [1.54, 1.807) is 0 Å². The highest BCUT2D eigenvalue weighted by Gasteiger charge is 2.15. The van der Waals surface area contributed by atoms with Gasteiger partial charge in [-0.2, -0.15) is 0 Å². The van der Waals surface area contributed by atoms with Crippen LogP contribution in [0.3, 0.4) is 0 Å². The van der Waals surface area contributed by atoms with E-state index in [0.29, 0.717) is 6.07 Å². The van der Waals surface area contributed by atoms with Gasteiger partial charge in [-0.3, -0.25) is 0 Å². The Labute approximate surface area is 107 Å². The fraction of sp³-hybridized carbons (Fsp3) is 0.364. The van der Waals surface area contributed by atoms with E-state index >= 15 is 0 Å². The highest BCUT2D eigenvalue weighted by Crippen LogP contribution is 2.19. The SMILES string of the molecule is COCC(O)CNC(=O)Nc1ccc(F)c(F)c1F. The fourth-order valence-electron chi connectivity index (χ4n) is 1.25. The summed E-state index contributed by atoms with van der Waals surface area (Å²) >= 11 is 0. The first kappa shape index (κ1) is 15.3. The smallest absolute Gasteiger partial charge is 0.319 e. The lowest BCUT2D eigenvalue weighted by Crippen LogP contribution is -2.37. The number of nitrogens with one attached hydrogen (secondary N) is 2. The molecule has 1 rings (SSSR count). The minimum Gasteiger partial charge on any atom is -0.389 e. The summed E-state index contributed by atoms with van der Waals surface area (Å²) in [5.41, 5.74) is -0.502. The van der Waals surface area contributed by atoms with Crippen LogP contribution in [0, 0.1) is 17.5 Å². The molecular formula is C11H13F3N2O3. The van der Waals surface area contributed by atoms with Crippen molar-refractivity contribution >= 4 is 11.7 Å². The van der Waals surface area contributed by atoms with E-state index in [1.807, 2.05) is 5.32 Å². The molecule has 0 radical (unpaired) electrons. The van der Waals surface area contributed by atoms with E-state index in [2.05, 4.69) is 10.1 Å². The maximum atomic E-state index is 13.2. The van der Waals surface area contributed by atoms with Crippen LogP contribution in [0.1, 0.15) is 0 Å². The van der Waals surface area contributed by atoms with Crippen LogP contribution in [0.4, 0.5) is 23.7 Å². The molecule has 1 aromatic carbocycles. The monoisotopic (exact) mass is 278 g/mol. The van der Waals surface area contributed by atoms with Gasteiger partial charge in [0.15, 0.2) is 17.5 Å². The molecule has 0 aliphatic rings. The second kappa shape index (κ2) is 6.95. The highest BCUT2D eigenvalue weighted by molar-refractivity contribution is 5.89. The maximum absolute atomic E-state index is 13.2. The molecule has 0 spiro atoms. The molecule has 2 amide bonds. The van der Waals surface area contributed by atoms with Gasteiger partial charge in [-0.05, 0) is 12.1 Å². The number of amides is 2. The first-order chi connectivity index (χ1) is 8.95. The van der Waals surface area contributed by atoms with Gasteiger partial charge < -0.3 is 20.5 Å². The number of carbonyl (C=O) groups is 1. The van der Waals surface area contributed by atoms with E-state index in [0.717, 1.165) is 6.07 Å².